The molecule has 2 heterocycles. The molecule has 0 saturated carbocycles. The van der Waals surface area contributed by atoms with Crippen molar-refractivity contribution >= 4 is 17.0 Å². The number of hydrogen-bond donors (Lipinski definition) is 4. The van der Waals surface area contributed by atoms with E-state index in [0.717, 1.165) is 0 Å². The Morgan fingerprint density at radius 3 is 2.88 bits per heavy atom. The maximum atomic E-state index is 9.31. The van der Waals surface area contributed by atoms with Crippen molar-refractivity contribution in [2.75, 3.05) is 12.1 Å². The predicted molar refractivity (Wildman–Crippen MR) is 53.8 cm³/mol. The van der Waals surface area contributed by atoms with Gasteiger partial charge in [-0.05, 0) is 0 Å². The van der Waals surface area contributed by atoms with Gasteiger partial charge in [-0.3, -0.25) is 10.7 Å². The highest BCUT2D eigenvalue weighted by atomic mass is 16.5. The second-order valence-electron chi connectivity index (χ2n) is 3.24. The Balaban J connectivity index is 2.41. The number of anilines is 1. The summed E-state index contributed by atoms with van der Waals surface area (Å²) in [5.74, 6) is 0.197. The number of rotatable bonds is 4. The lowest BCUT2D eigenvalue weighted by atomic mass is 10.4. The third-order valence-corrected chi connectivity index (χ3v) is 2.13. The van der Waals surface area contributed by atoms with Crippen LogP contribution in [0.5, 0.6) is 0 Å². The highest BCUT2D eigenvalue weighted by Gasteiger charge is 2.11. The summed E-state index contributed by atoms with van der Waals surface area (Å²) >= 11 is 0. The van der Waals surface area contributed by atoms with E-state index in [1.165, 1.54) is 12.7 Å². The average molecular weight is 225 g/mol. The zero-order valence-corrected chi connectivity index (χ0v) is 8.28. The minimum absolute atomic E-state index is 0.175. The van der Waals surface area contributed by atoms with Gasteiger partial charge in [-0.25, -0.2) is 15.0 Å². The fourth-order valence-corrected chi connectivity index (χ4v) is 1.38. The molecule has 4 N–H and O–H groups in total. The number of aromatic nitrogens is 4. The van der Waals surface area contributed by atoms with E-state index in [2.05, 4.69) is 15.0 Å². The highest BCUT2D eigenvalue weighted by molar-refractivity contribution is 5.81. The summed E-state index contributed by atoms with van der Waals surface area (Å²) < 4.78 is 1.57. The first kappa shape index (κ1) is 10.7. The lowest BCUT2D eigenvalue weighted by Gasteiger charge is -2.08. The van der Waals surface area contributed by atoms with Gasteiger partial charge in [0.2, 0.25) is 0 Å². The minimum atomic E-state index is -0.877. The summed E-state index contributed by atoms with van der Waals surface area (Å²) in [7, 11) is 0. The maximum absolute atomic E-state index is 9.31. The molecule has 2 aromatic rings. The molecule has 16 heavy (non-hydrogen) atoms. The Morgan fingerprint density at radius 2 is 2.19 bits per heavy atom. The molecule has 2 rings (SSSR count). The van der Waals surface area contributed by atoms with Gasteiger partial charge in [0.25, 0.3) is 0 Å². The summed E-state index contributed by atoms with van der Waals surface area (Å²) in [5, 5.41) is 26.8. The van der Waals surface area contributed by atoms with Crippen molar-refractivity contribution in [3.8, 4) is 0 Å². The summed E-state index contributed by atoms with van der Waals surface area (Å²) in [5.41, 5.74) is 2.78. The third-order valence-electron chi connectivity index (χ3n) is 2.13. The SMILES string of the molecule is OC[C@@H](O)Cn1cnc2c(NO)ncnc21. The maximum Gasteiger partial charge on any atom is 0.181 e. The summed E-state index contributed by atoms with van der Waals surface area (Å²) in [4.78, 5) is 11.8. The predicted octanol–water partition coefficient (Wildman–Crippen LogP) is -1.02. The van der Waals surface area contributed by atoms with Gasteiger partial charge in [-0.2, -0.15) is 0 Å². The van der Waals surface area contributed by atoms with Crippen LogP contribution in [0, 0.1) is 0 Å². The van der Waals surface area contributed by atoms with Crippen LogP contribution in [0.4, 0.5) is 5.82 Å². The summed E-state index contributed by atoms with van der Waals surface area (Å²) in [6.45, 7) is -0.162. The fraction of sp³-hybridized carbons (Fsp3) is 0.375. The first-order chi connectivity index (χ1) is 7.76. The number of aliphatic hydroxyl groups is 2. The van der Waals surface area contributed by atoms with Crippen LogP contribution in [0.3, 0.4) is 0 Å². The van der Waals surface area contributed by atoms with E-state index < -0.39 is 6.10 Å². The van der Waals surface area contributed by atoms with Gasteiger partial charge in [0.1, 0.15) is 6.33 Å². The third kappa shape index (κ3) is 1.81. The Kier molecular flexibility index (Phi) is 2.95. The van der Waals surface area contributed by atoms with Crippen LogP contribution in [0.15, 0.2) is 12.7 Å². The molecule has 0 aromatic carbocycles. The van der Waals surface area contributed by atoms with Gasteiger partial charge in [0.05, 0.1) is 25.6 Å². The smallest absolute Gasteiger partial charge is 0.181 e. The van der Waals surface area contributed by atoms with Crippen molar-refractivity contribution in [2.45, 2.75) is 12.6 Å². The standard InChI is InChI=1S/C8H11N5O3/c14-2-5(15)1-13-4-11-6-7(12-16)9-3-10-8(6)13/h3-5,14-16H,1-2H2,(H,9,10,12)/t5-/m0/s1. The quantitative estimate of drug-likeness (QED) is 0.492. The number of nitrogens with zero attached hydrogens (tertiary/aromatic N) is 4. The number of fused-ring (bicyclic) bond motifs is 1. The van der Waals surface area contributed by atoms with Crippen molar-refractivity contribution in [1.29, 1.82) is 0 Å². The zero-order chi connectivity index (χ0) is 11.5. The molecule has 0 aliphatic rings. The van der Waals surface area contributed by atoms with Gasteiger partial charge in [-0.1, -0.05) is 0 Å². The average Bonchev–Trinajstić information content (AvgIpc) is 2.72. The van der Waals surface area contributed by atoms with Crippen molar-refractivity contribution in [3.05, 3.63) is 12.7 Å². The molecule has 2 aromatic heterocycles. The van der Waals surface area contributed by atoms with Gasteiger partial charge in [0, 0.05) is 0 Å². The first-order valence-corrected chi connectivity index (χ1v) is 4.61. The number of imidazole rings is 1. The molecule has 0 unspecified atom stereocenters. The second-order valence-corrected chi connectivity index (χ2v) is 3.24. The topological polar surface area (TPSA) is 116 Å². The summed E-state index contributed by atoms with van der Waals surface area (Å²) in [6.07, 6.45) is 1.85. The van der Waals surface area contributed by atoms with Crippen molar-refractivity contribution in [2.24, 2.45) is 0 Å². The van der Waals surface area contributed by atoms with Crippen LogP contribution >= 0.6 is 0 Å². The van der Waals surface area contributed by atoms with Gasteiger partial charge in [-0.15, -0.1) is 0 Å². The van der Waals surface area contributed by atoms with Crippen molar-refractivity contribution in [1.82, 2.24) is 19.5 Å². The molecule has 0 spiro atoms. The van der Waals surface area contributed by atoms with Crippen molar-refractivity contribution < 1.29 is 15.4 Å². The molecule has 0 fully saturated rings. The van der Waals surface area contributed by atoms with Crippen LogP contribution in [-0.4, -0.2) is 47.7 Å². The van der Waals surface area contributed by atoms with Crippen LogP contribution < -0.4 is 5.48 Å². The second kappa shape index (κ2) is 4.39. The van der Waals surface area contributed by atoms with Gasteiger partial charge in [0.15, 0.2) is 17.0 Å². The molecule has 0 aliphatic heterocycles. The van der Waals surface area contributed by atoms with Gasteiger partial charge >= 0.3 is 0 Å². The molecule has 0 amide bonds. The molecular weight excluding hydrogens is 214 g/mol. The number of nitrogens with one attached hydrogen (secondary N) is 1. The molecule has 0 bridgehead atoms. The Bertz CT molecular complexity index is 485. The zero-order valence-electron chi connectivity index (χ0n) is 8.28. The molecule has 0 radical (unpaired) electrons. The van der Waals surface area contributed by atoms with E-state index in [9.17, 15) is 5.11 Å². The Morgan fingerprint density at radius 1 is 1.38 bits per heavy atom. The molecule has 8 nitrogen and oxygen atoms in total. The van der Waals surface area contributed by atoms with Crippen LogP contribution in [0.1, 0.15) is 0 Å². The van der Waals surface area contributed by atoms with E-state index in [-0.39, 0.29) is 19.0 Å². The first-order valence-electron chi connectivity index (χ1n) is 4.61. The lowest BCUT2D eigenvalue weighted by Crippen LogP contribution is -2.19. The molecule has 0 saturated heterocycles. The normalized spacial score (nSPS) is 12.9. The van der Waals surface area contributed by atoms with E-state index in [1.54, 1.807) is 4.57 Å². The molecule has 8 heteroatoms. The molecular formula is C8H11N5O3. The van der Waals surface area contributed by atoms with E-state index in [4.69, 9.17) is 10.3 Å². The molecule has 86 valence electrons. The lowest BCUT2D eigenvalue weighted by molar-refractivity contribution is 0.0820. The number of hydrogen-bond acceptors (Lipinski definition) is 7. The van der Waals surface area contributed by atoms with Gasteiger partial charge < -0.3 is 14.8 Å². The fourth-order valence-electron chi connectivity index (χ4n) is 1.38. The minimum Gasteiger partial charge on any atom is -0.394 e. The number of aliphatic hydroxyl groups excluding tert-OH is 2. The molecule has 1 atom stereocenters. The largest absolute Gasteiger partial charge is 0.394 e. The highest BCUT2D eigenvalue weighted by Crippen LogP contribution is 2.16. The van der Waals surface area contributed by atoms with Crippen LogP contribution in [0.2, 0.25) is 0 Å². The Hall–Kier alpha value is -1.77. The van der Waals surface area contributed by atoms with E-state index in [1.807, 2.05) is 5.48 Å². The van der Waals surface area contributed by atoms with Crippen LogP contribution in [0.25, 0.3) is 11.2 Å². The van der Waals surface area contributed by atoms with E-state index in [0.29, 0.717) is 11.2 Å². The van der Waals surface area contributed by atoms with Crippen molar-refractivity contribution in [3.63, 3.8) is 0 Å². The van der Waals surface area contributed by atoms with E-state index >= 15 is 0 Å². The monoisotopic (exact) mass is 225 g/mol. The Labute approximate surface area is 90.2 Å². The summed E-state index contributed by atoms with van der Waals surface area (Å²) in [6, 6.07) is 0. The molecule has 0 aliphatic carbocycles. The van der Waals surface area contributed by atoms with Crippen LogP contribution in [-0.2, 0) is 6.54 Å².